The van der Waals surface area contributed by atoms with Gasteiger partial charge in [-0.15, -0.1) is 11.8 Å². The van der Waals surface area contributed by atoms with Crippen LogP contribution in [0.25, 0.3) is 0 Å². The van der Waals surface area contributed by atoms with Gasteiger partial charge in [0.2, 0.25) is 0 Å². The van der Waals surface area contributed by atoms with Crippen molar-refractivity contribution in [3.63, 3.8) is 0 Å². The number of methoxy groups -OCH3 is 2. The van der Waals surface area contributed by atoms with Crippen molar-refractivity contribution < 1.29 is 9.47 Å². The summed E-state index contributed by atoms with van der Waals surface area (Å²) in [4.78, 5) is 5.73. The molecule has 21 heavy (non-hydrogen) atoms. The summed E-state index contributed by atoms with van der Waals surface area (Å²) < 4.78 is 10.5. The Morgan fingerprint density at radius 3 is 2.57 bits per heavy atom. The summed E-state index contributed by atoms with van der Waals surface area (Å²) >= 11 is 1.80. The van der Waals surface area contributed by atoms with Gasteiger partial charge in [-0.1, -0.05) is 18.2 Å². The van der Waals surface area contributed by atoms with Gasteiger partial charge in [-0.05, 0) is 30.3 Å². The summed E-state index contributed by atoms with van der Waals surface area (Å²) in [5, 5.41) is 0. The standard InChI is InChI=1S/C17H19NO2S/c1-19-15-8-9-17(20-2)14(12-15)13-18-10-11-21-16-6-4-3-5-7-16/h3-9,12-13H,10-11H2,1-2H3. The third-order valence-corrected chi connectivity index (χ3v) is 3.89. The van der Waals surface area contributed by atoms with Gasteiger partial charge in [-0.25, -0.2) is 0 Å². The molecule has 3 nitrogen and oxygen atoms in total. The Morgan fingerprint density at radius 2 is 1.86 bits per heavy atom. The molecule has 110 valence electrons. The molecular weight excluding hydrogens is 282 g/mol. The minimum absolute atomic E-state index is 0.764. The predicted molar refractivity (Wildman–Crippen MR) is 89.2 cm³/mol. The quantitative estimate of drug-likeness (QED) is 0.441. The van der Waals surface area contributed by atoms with Crippen LogP contribution in [0.4, 0.5) is 0 Å². The highest BCUT2D eigenvalue weighted by Gasteiger charge is 2.02. The predicted octanol–water partition coefficient (Wildman–Crippen LogP) is 3.92. The molecule has 0 heterocycles. The molecule has 0 unspecified atom stereocenters. The van der Waals surface area contributed by atoms with Crippen LogP contribution in [0.1, 0.15) is 5.56 Å². The third kappa shape index (κ3) is 4.83. The molecule has 0 atom stereocenters. The van der Waals surface area contributed by atoms with Crippen LogP contribution in [0.2, 0.25) is 0 Å². The topological polar surface area (TPSA) is 30.8 Å². The van der Waals surface area contributed by atoms with Crippen molar-refractivity contribution in [3.8, 4) is 11.5 Å². The normalized spacial score (nSPS) is 10.8. The number of ether oxygens (including phenoxy) is 2. The highest BCUT2D eigenvalue weighted by atomic mass is 32.2. The second-order valence-electron chi connectivity index (χ2n) is 4.30. The Morgan fingerprint density at radius 1 is 1.05 bits per heavy atom. The van der Waals surface area contributed by atoms with Crippen LogP contribution in [-0.2, 0) is 0 Å². The average Bonchev–Trinajstić information content (AvgIpc) is 2.55. The molecule has 0 spiro atoms. The number of hydrogen-bond donors (Lipinski definition) is 0. The lowest BCUT2D eigenvalue weighted by Crippen LogP contribution is -1.94. The van der Waals surface area contributed by atoms with Crippen LogP contribution in [-0.4, -0.2) is 32.7 Å². The maximum atomic E-state index is 5.32. The fraction of sp³-hybridized carbons (Fsp3) is 0.235. The van der Waals surface area contributed by atoms with Gasteiger partial charge >= 0.3 is 0 Å². The van der Waals surface area contributed by atoms with E-state index in [1.807, 2.05) is 42.6 Å². The van der Waals surface area contributed by atoms with Gasteiger partial charge in [0.05, 0.1) is 14.2 Å². The Labute approximate surface area is 130 Å². The lowest BCUT2D eigenvalue weighted by atomic mass is 10.2. The van der Waals surface area contributed by atoms with Gasteiger partial charge in [0.25, 0.3) is 0 Å². The molecule has 0 aromatic heterocycles. The molecule has 0 N–H and O–H groups in total. The minimum atomic E-state index is 0.764. The van der Waals surface area contributed by atoms with Crippen molar-refractivity contribution in [1.82, 2.24) is 0 Å². The Bertz CT molecular complexity index is 585. The first-order valence-electron chi connectivity index (χ1n) is 6.73. The highest BCUT2D eigenvalue weighted by molar-refractivity contribution is 7.99. The van der Waals surface area contributed by atoms with Gasteiger partial charge in [0.1, 0.15) is 11.5 Å². The Balaban J connectivity index is 1.89. The first-order valence-corrected chi connectivity index (χ1v) is 7.71. The molecule has 0 bridgehead atoms. The van der Waals surface area contributed by atoms with Crippen molar-refractivity contribution in [1.29, 1.82) is 0 Å². The second-order valence-corrected chi connectivity index (χ2v) is 5.47. The smallest absolute Gasteiger partial charge is 0.127 e. The van der Waals surface area contributed by atoms with Gasteiger partial charge < -0.3 is 9.47 Å². The summed E-state index contributed by atoms with van der Waals surface area (Å²) in [6.07, 6.45) is 1.84. The van der Waals surface area contributed by atoms with E-state index in [0.29, 0.717) is 0 Å². The molecule has 2 aromatic carbocycles. The monoisotopic (exact) mass is 301 g/mol. The molecule has 0 aliphatic heterocycles. The van der Waals surface area contributed by atoms with Gasteiger partial charge in [0.15, 0.2) is 0 Å². The average molecular weight is 301 g/mol. The van der Waals surface area contributed by atoms with E-state index in [9.17, 15) is 0 Å². The number of aliphatic imine (C=N–C) groups is 1. The van der Waals surface area contributed by atoms with Crippen LogP contribution in [0.5, 0.6) is 11.5 Å². The number of rotatable bonds is 7. The van der Waals surface area contributed by atoms with Crippen molar-refractivity contribution >= 4 is 18.0 Å². The molecule has 0 fully saturated rings. The summed E-state index contributed by atoms with van der Waals surface area (Å²) in [5.41, 5.74) is 0.932. The molecule has 0 aliphatic carbocycles. The zero-order valence-corrected chi connectivity index (χ0v) is 13.1. The largest absolute Gasteiger partial charge is 0.497 e. The number of benzene rings is 2. The number of thioether (sulfide) groups is 1. The summed E-state index contributed by atoms with van der Waals surface area (Å²) in [5.74, 6) is 2.55. The Kier molecular flexibility index (Phi) is 6.16. The third-order valence-electron chi connectivity index (χ3n) is 2.90. The van der Waals surface area contributed by atoms with Crippen molar-refractivity contribution in [2.75, 3.05) is 26.5 Å². The van der Waals surface area contributed by atoms with E-state index in [0.717, 1.165) is 29.4 Å². The summed E-state index contributed by atoms with van der Waals surface area (Å²) in [7, 11) is 3.31. The number of hydrogen-bond acceptors (Lipinski definition) is 4. The molecule has 2 rings (SSSR count). The van der Waals surface area contributed by atoms with Gasteiger partial charge in [-0.3, -0.25) is 4.99 Å². The van der Waals surface area contributed by atoms with E-state index in [1.54, 1.807) is 26.0 Å². The fourth-order valence-corrected chi connectivity index (χ4v) is 2.62. The van der Waals surface area contributed by atoms with Crippen LogP contribution in [0, 0.1) is 0 Å². The lowest BCUT2D eigenvalue weighted by molar-refractivity contribution is 0.402. The van der Waals surface area contributed by atoms with Gasteiger partial charge in [-0.2, -0.15) is 0 Å². The van der Waals surface area contributed by atoms with Crippen LogP contribution >= 0.6 is 11.8 Å². The zero-order valence-electron chi connectivity index (χ0n) is 12.3. The fourth-order valence-electron chi connectivity index (χ4n) is 1.84. The molecule has 0 saturated carbocycles. The van der Waals surface area contributed by atoms with Crippen LogP contribution < -0.4 is 9.47 Å². The lowest BCUT2D eigenvalue weighted by Gasteiger charge is -2.06. The second kappa shape index (κ2) is 8.37. The molecule has 0 aliphatic rings. The first-order chi connectivity index (χ1) is 10.3. The number of nitrogens with zero attached hydrogens (tertiary/aromatic N) is 1. The Hall–Kier alpha value is -1.94. The van der Waals surface area contributed by atoms with E-state index >= 15 is 0 Å². The van der Waals surface area contributed by atoms with Crippen LogP contribution in [0.15, 0.2) is 58.4 Å². The SMILES string of the molecule is COc1ccc(OC)c(C=NCCSc2ccccc2)c1. The van der Waals surface area contributed by atoms with Crippen molar-refractivity contribution in [2.24, 2.45) is 4.99 Å². The molecule has 2 aromatic rings. The molecule has 4 heteroatoms. The maximum absolute atomic E-state index is 5.32. The molecule has 0 saturated heterocycles. The summed E-state index contributed by atoms with van der Waals surface area (Å²) in [6, 6.07) is 16.0. The molecular formula is C17H19NO2S. The van der Waals surface area contributed by atoms with Crippen molar-refractivity contribution in [2.45, 2.75) is 4.90 Å². The zero-order chi connectivity index (χ0) is 14.9. The van der Waals surface area contributed by atoms with E-state index in [1.165, 1.54) is 4.90 Å². The molecule has 0 amide bonds. The first kappa shape index (κ1) is 15.4. The minimum Gasteiger partial charge on any atom is -0.497 e. The van der Waals surface area contributed by atoms with E-state index < -0.39 is 0 Å². The van der Waals surface area contributed by atoms with E-state index in [2.05, 4.69) is 17.1 Å². The highest BCUT2D eigenvalue weighted by Crippen LogP contribution is 2.22. The van der Waals surface area contributed by atoms with E-state index in [-0.39, 0.29) is 0 Å². The summed E-state index contributed by atoms with van der Waals surface area (Å²) in [6.45, 7) is 0.764. The van der Waals surface area contributed by atoms with Crippen LogP contribution in [0.3, 0.4) is 0 Å². The van der Waals surface area contributed by atoms with Crippen molar-refractivity contribution in [3.05, 3.63) is 54.1 Å². The molecule has 0 radical (unpaired) electrons. The van der Waals surface area contributed by atoms with E-state index in [4.69, 9.17) is 9.47 Å². The maximum Gasteiger partial charge on any atom is 0.127 e. The van der Waals surface area contributed by atoms with Gasteiger partial charge in [0, 0.05) is 29.0 Å².